The highest BCUT2D eigenvalue weighted by Crippen LogP contribution is 2.28. The monoisotopic (exact) mass is 365 g/mol. The summed E-state index contributed by atoms with van der Waals surface area (Å²) in [7, 11) is 0. The van der Waals surface area contributed by atoms with Crippen molar-refractivity contribution in [3.05, 3.63) is 65.2 Å². The summed E-state index contributed by atoms with van der Waals surface area (Å²) < 4.78 is 1.30. The molecule has 0 aliphatic carbocycles. The van der Waals surface area contributed by atoms with E-state index in [1.54, 1.807) is 0 Å². The van der Waals surface area contributed by atoms with Gasteiger partial charge < -0.3 is 0 Å². The lowest BCUT2D eigenvalue weighted by atomic mass is 10.1. The summed E-state index contributed by atoms with van der Waals surface area (Å²) in [6.07, 6.45) is 1.25. The standard InChI is InChI=1S/C22H27N3S/c1-3-24(16-22-23-20-11-7-8-12-21(20)26-22)19-13-14-25(15-19)17(2)18-9-5-4-6-10-18/h4-12,17,19H,3,13-16H2,1-2H3/t17-,19-/m0/s1. The molecule has 0 saturated carbocycles. The van der Waals surface area contributed by atoms with Gasteiger partial charge in [0, 0.05) is 25.2 Å². The lowest BCUT2D eigenvalue weighted by Crippen LogP contribution is -2.37. The van der Waals surface area contributed by atoms with Crippen LogP contribution in [0.25, 0.3) is 10.2 Å². The minimum absolute atomic E-state index is 0.488. The van der Waals surface area contributed by atoms with Crippen LogP contribution in [0.4, 0.5) is 0 Å². The molecule has 4 heteroatoms. The zero-order valence-electron chi connectivity index (χ0n) is 15.6. The van der Waals surface area contributed by atoms with E-state index in [9.17, 15) is 0 Å². The SMILES string of the molecule is CCN(Cc1nc2ccccc2s1)[C@H]1CCN([C@@H](C)c2ccccc2)C1. The van der Waals surface area contributed by atoms with E-state index in [1.165, 1.54) is 28.2 Å². The van der Waals surface area contributed by atoms with Crippen LogP contribution >= 0.6 is 11.3 Å². The summed E-state index contributed by atoms with van der Waals surface area (Å²) in [5.74, 6) is 0. The van der Waals surface area contributed by atoms with E-state index >= 15 is 0 Å². The van der Waals surface area contributed by atoms with E-state index in [-0.39, 0.29) is 0 Å². The first-order chi connectivity index (χ1) is 12.7. The number of likely N-dealkylation sites (tertiary alicyclic amines) is 1. The molecule has 0 bridgehead atoms. The Morgan fingerprint density at radius 3 is 2.69 bits per heavy atom. The normalized spacial score (nSPS) is 19.4. The summed E-state index contributed by atoms with van der Waals surface area (Å²) in [6.45, 7) is 8.98. The zero-order valence-corrected chi connectivity index (χ0v) is 16.5. The van der Waals surface area contributed by atoms with Crippen molar-refractivity contribution in [1.29, 1.82) is 0 Å². The van der Waals surface area contributed by atoms with Crippen LogP contribution in [0.15, 0.2) is 54.6 Å². The molecule has 3 nitrogen and oxygen atoms in total. The van der Waals surface area contributed by atoms with Crippen molar-refractivity contribution in [1.82, 2.24) is 14.8 Å². The number of hydrogen-bond acceptors (Lipinski definition) is 4. The Bertz CT molecular complexity index is 812. The molecule has 0 unspecified atom stereocenters. The largest absolute Gasteiger partial charge is 0.295 e. The van der Waals surface area contributed by atoms with Crippen LogP contribution in [-0.2, 0) is 6.54 Å². The maximum atomic E-state index is 4.84. The van der Waals surface area contributed by atoms with Gasteiger partial charge in [0.25, 0.3) is 0 Å². The minimum Gasteiger partial charge on any atom is -0.295 e. The Morgan fingerprint density at radius 1 is 1.15 bits per heavy atom. The molecule has 1 fully saturated rings. The van der Waals surface area contributed by atoms with E-state index in [1.807, 2.05) is 11.3 Å². The summed E-state index contributed by atoms with van der Waals surface area (Å²) in [4.78, 5) is 10.1. The molecule has 0 N–H and O–H groups in total. The van der Waals surface area contributed by atoms with Crippen molar-refractivity contribution in [3.63, 3.8) is 0 Å². The van der Waals surface area contributed by atoms with Gasteiger partial charge in [0.1, 0.15) is 5.01 Å². The molecule has 3 aromatic rings. The molecule has 1 aromatic heterocycles. The second kappa shape index (κ2) is 7.87. The third kappa shape index (κ3) is 3.68. The first-order valence-electron chi connectivity index (χ1n) is 9.62. The van der Waals surface area contributed by atoms with Crippen molar-refractivity contribution in [2.75, 3.05) is 19.6 Å². The van der Waals surface area contributed by atoms with Gasteiger partial charge in [-0.05, 0) is 37.6 Å². The fourth-order valence-electron chi connectivity index (χ4n) is 4.02. The predicted octanol–water partition coefficient (Wildman–Crippen LogP) is 4.95. The van der Waals surface area contributed by atoms with E-state index < -0.39 is 0 Å². The van der Waals surface area contributed by atoms with Gasteiger partial charge >= 0.3 is 0 Å². The Morgan fingerprint density at radius 2 is 1.92 bits per heavy atom. The number of fused-ring (bicyclic) bond motifs is 1. The first-order valence-corrected chi connectivity index (χ1v) is 10.4. The Kier molecular flexibility index (Phi) is 5.34. The molecule has 2 heterocycles. The molecule has 1 saturated heterocycles. The molecule has 1 aliphatic rings. The number of thiazole rings is 1. The Balaban J connectivity index is 1.42. The van der Waals surface area contributed by atoms with Crippen LogP contribution in [0.2, 0.25) is 0 Å². The molecule has 0 spiro atoms. The van der Waals surface area contributed by atoms with Crippen LogP contribution in [0.1, 0.15) is 36.9 Å². The van der Waals surface area contributed by atoms with Gasteiger partial charge in [0.15, 0.2) is 0 Å². The predicted molar refractivity (Wildman–Crippen MR) is 111 cm³/mol. The highest BCUT2D eigenvalue weighted by molar-refractivity contribution is 7.18. The highest BCUT2D eigenvalue weighted by atomic mass is 32.1. The molecule has 136 valence electrons. The number of para-hydroxylation sites is 1. The average Bonchev–Trinajstić information content (AvgIpc) is 3.33. The Hall–Kier alpha value is -1.75. The quantitative estimate of drug-likeness (QED) is 0.616. The van der Waals surface area contributed by atoms with Crippen LogP contribution in [0.3, 0.4) is 0 Å². The molecule has 0 amide bonds. The highest BCUT2D eigenvalue weighted by Gasteiger charge is 2.30. The van der Waals surface area contributed by atoms with Gasteiger partial charge in [-0.15, -0.1) is 11.3 Å². The fourth-order valence-corrected chi connectivity index (χ4v) is 5.01. The molecule has 26 heavy (non-hydrogen) atoms. The van der Waals surface area contributed by atoms with Crippen LogP contribution in [0, 0.1) is 0 Å². The van der Waals surface area contributed by atoms with E-state index in [0.29, 0.717) is 12.1 Å². The third-order valence-electron chi connectivity index (χ3n) is 5.62. The fraction of sp³-hybridized carbons (Fsp3) is 0.409. The van der Waals surface area contributed by atoms with Gasteiger partial charge in [-0.1, -0.05) is 49.4 Å². The maximum Gasteiger partial charge on any atom is 0.108 e. The average molecular weight is 366 g/mol. The topological polar surface area (TPSA) is 19.4 Å². The van der Waals surface area contributed by atoms with Crippen molar-refractivity contribution in [3.8, 4) is 0 Å². The summed E-state index contributed by atoms with van der Waals surface area (Å²) >= 11 is 1.84. The summed E-state index contributed by atoms with van der Waals surface area (Å²) in [5.41, 5.74) is 2.55. The molecular formula is C22H27N3S. The van der Waals surface area contributed by atoms with E-state index in [0.717, 1.165) is 25.2 Å². The molecule has 0 radical (unpaired) electrons. The van der Waals surface area contributed by atoms with Crippen molar-refractivity contribution in [2.24, 2.45) is 0 Å². The number of nitrogens with zero attached hydrogens (tertiary/aromatic N) is 3. The molecule has 4 rings (SSSR count). The number of aromatic nitrogens is 1. The first kappa shape index (κ1) is 17.7. The summed E-state index contributed by atoms with van der Waals surface area (Å²) in [6, 6.07) is 20.4. The number of benzene rings is 2. The second-order valence-electron chi connectivity index (χ2n) is 7.16. The van der Waals surface area contributed by atoms with Crippen molar-refractivity contribution in [2.45, 2.75) is 38.9 Å². The van der Waals surface area contributed by atoms with Crippen molar-refractivity contribution < 1.29 is 0 Å². The number of rotatable bonds is 6. The van der Waals surface area contributed by atoms with Gasteiger partial charge in [-0.2, -0.15) is 0 Å². The van der Waals surface area contributed by atoms with E-state index in [2.05, 4.69) is 78.2 Å². The third-order valence-corrected chi connectivity index (χ3v) is 6.64. The van der Waals surface area contributed by atoms with Crippen molar-refractivity contribution >= 4 is 21.6 Å². The van der Waals surface area contributed by atoms with Gasteiger partial charge in [0.05, 0.1) is 16.8 Å². The number of likely N-dealkylation sites (N-methyl/N-ethyl adjacent to an activating group) is 1. The van der Waals surface area contributed by atoms with Gasteiger partial charge in [0.2, 0.25) is 0 Å². The van der Waals surface area contributed by atoms with Gasteiger partial charge in [-0.3, -0.25) is 9.80 Å². The van der Waals surface area contributed by atoms with Gasteiger partial charge in [-0.25, -0.2) is 4.98 Å². The summed E-state index contributed by atoms with van der Waals surface area (Å²) in [5, 5.41) is 1.24. The number of hydrogen-bond donors (Lipinski definition) is 0. The maximum absolute atomic E-state index is 4.84. The molecule has 2 aromatic carbocycles. The Labute approximate surface area is 160 Å². The molecular weight excluding hydrogens is 338 g/mol. The zero-order chi connectivity index (χ0) is 17.9. The molecule has 2 atom stereocenters. The lowest BCUT2D eigenvalue weighted by molar-refractivity contribution is 0.180. The van der Waals surface area contributed by atoms with E-state index in [4.69, 9.17) is 4.98 Å². The smallest absolute Gasteiger partial charge is 0.108 e. The van der Waals surface area contributed by atoms with Crippen LogP contribution in [0.5, 0.6) is 0 Å². The minimum atomic E-state index is 0.488. The second-order valence-corrected chi connectivity index (χ2v) is 8.28. The van der Waals surface area contributed by atoms with Crippen LogP contribution in [-0.4, -0.2) is 40.5 Å². The van der Waals surface area contributed by atoms with Crippen LogP contribution < -0.4 is 0 Å². The molecule has 1 aliphatic heterocycles. The lowest BCUT2D eigenvalue weighted by Gasteiger charge is -2.29.